The topological polar surface area (TPSA) is 21.3 Å². The minimum atomic E-state index is -4.23. The molecule has 18 heavy (non-hydrogen) atoms. The first-order valence-corrected chi connectivity index (χ1v) is 6.76. The molecule has 2 nitrogen and oxygen atoms in total. The number of halogens is 3. The highest BCUT2D eigenvalue weighted by Crippen LogP contribution is 2.16. The van der Waals surface area contributed by atoms with Crippen LogP contribution in [0.3, 0.4) is 0 Å². The van der Waals surface area contributed by atoms with Gasteiger partial charge in [0.2, 0.25) is 0 Å². The first kappa shape index (κ1) is 17.7. The molecule has 0 aromatic heterocycles. The van der Waals surface area contributed by atoms with Gasteiger partial charge in [0, 0.05) is 6.04 Å². The predicted molar refractivity (Wildman–Crippen MR) is 67.6 cm³/mol. The molecule has 0 radical (unpaired) electrons. The van der Waals surface area contributed by atoms with Crippen molar-refractivity contribution in [2.45, 2.75) is 58.7 Å². The van der Waals surface area contributed by atoms with Gasteiger partial charge in [-0.15, -0.1) is 0 Å². The lowest BCUT2D eigenvalue weighted by Gasteiger charge is -2.22. The zero-order valence-corrected chi connectivity index (χ0v) is 11.6. The highest BCUT2D eigenvalue weighted by atomic mass is 19.4. The van der Waals surface area contributed by atoms with Crippen molar-refractivity contribution >= 4 is 0 Å². The zero-order valence-electron chi connectivity index (χ0n) is 11.6. The fourth-order valence-electron chi connectivity index (χ4n) is 1.97. The summed E-state index contributed by atoms with van der Waals surface area (Å²) in [5.74, 6) is 0.513. The fraction of sp³-hybridized carbons (Fsp3) is 1.00. The summed E-state index contributed by atoms with van der Waals surface area (Å²) in [5.41, 5.74) is 0. The summed E-state index contributed by atoms with van der Waals surface area (Å²) in [5, 5.41) is 3.25. The van der Waals surface area contributed by atoms with Gasteiger partial charge in [-0.3, -0.25) is 0 Å². The molecular weight excluding hydrogens is 243 g/mol. The Balaban J connectivity index is 3.98. The number of nitrogens with one attached hydrogen (secondary N) is 1. The fourth-order valence-corrected chi connectivity index (χ4v) is 1.97. The van der Waals surface area contributed by atoms with Gasteiger partial charge in [0.25, 0.3) is 0 Å². The molecule has 0 aromatic carbocycles. The van der Waals surface area contributed by atoms with Gasteiger partial charge in [0.1, 0.15) is 6.61 Å². The monoisotopic (exact) mass is 269 g/mol. The predicted octanol–water partition coefficient (Wildman–Crippen LogP) is 3.76. The maximum atomic E-state index is 12.0. The summed E-state index contributed by atoms with van der Waals surface area (Å²) >= 11 is 0. The summed E-state index contributed by atoms with van der Waals surface area (Å²) in [6, 6.07) is 0.0221. The molecule has 0 amide bonds. The molecule has 0 aliphatic carbocycles. The summed E-state index contributed by atoms with van der Waals surface area (Å²) < 4.78 is 40.7. The molecular formula is C13H26F3NO. The van der Waals surface area contributed by atoms with Crippen LogP contribution in [0.25, 0.3) is 0 Å². The van der Waals surface area contributed by atoms with Crippen molar-refractivity contribution in [3.8, 4) is 0 Å². The summed E-state index contributed by atoms with van der Waals surface area (Å²) in [7, 11) is 0. The molecule has 0 saturated carbocycles. The van der Waals surface area contributed by atoms with Crippen molar-refractivity contribution in [3.63, 3.8) is 0 Å². The second kappa shape index (κ2) is 9.62. The number of hydrogen-bond acceptors (Lipinski definition) is 2. The Morgan fingerprint density at radius 2 is 1.83 bits per heavy atom. The van der Waals surface area contributed by atoms with Crippen LogP contribution in [0.15, 0.2) is 0 Å². The van der Waals surface area contributed by atoms with E-state index in [1.54, 1.807) is 0 Å². The van der Waals surface area contributed by atoms with Gasteiger partial charge in [0.15, 0.2) is 0 Å². The third kappa shape index (κ3) is 10.8. The Morgan fingerprint density at radius 1 is 1.17 bits per heavy atom. The van der Waals surface area contributed by atoms with Crippen LogP contribution in [0.4, 0.5) is 13.2 Å². The van der Waals surface area contributed by atoms with E-state index in [1.807, 2.05) is 6.92 Å². The van der Waals surface area contributed by atoms with Crippen LogP contribution in [0.5, 0.6) is 0 Å². The number of ether oxygens (including phenoxy) is 1. The molecule has 0 aliphatic heterocycles. The first-order chi connectivity index (χ1) is 8.39. The van der Waals surface area contributed by atoms with Crippen LogP contribution < -0.4 is 5.32 Å². The Kier molecular flexibility index (Phi) is 9.46. The molecule has 0 fully saturated rings. The number of hydrogen-bond donors (Lipinski definition) is 1. The highest BCUT2D eigenvalue weighted by Gasteiger charge is 2.28. The molecule has 2 unspecified atom stereocenters. The minimum absolute atomic E-state index is 0.0221. The van der Waals surface area contributed by atoms with Crippen molar-refractivity contribution in [3.05, 3.63) is 0 Å². The van der Waals surface area contributed by atoms with Crippen molar-refractivity contribution in [1.82, 2.24) is 5.32 Å². The molecule has 0 spiro atoms. The van der Waals surface area contributed by atoms with Gasteiger partial charge in [-0.25, -0.2) is 0 Å². The maximum Gasteiger partial charge on any atom is 0.411 e. The molecule has 5 heteroatoms. The second-order valence-corrected chi connectivity index (χ2v) is 4.91. The van der Waals surface area contributed by atoms with Gasteiger partial charge in [-0.05, 0) is 25.3 Å². The maximum absolute atomic E-state index is 12.0. The van der Waals surface area contributed by atoms with Crippen LogP contribution in [0.1, 0.15) is 46.5 Å². The van der Waals surface area contributed by atoms with Gasteiger partial charge < -0.3 is 10.1 Å². The Labute approximate surface area is 108 Å². The van der Waals surface area contributed by atoms with E-state index in [0.29, 0.717) is 5.92 Å². The van der Waals surface area contributed by atoms with Crippen LogP contribution in [-0.4, -0.2) is 32.0 Å². The number of rotatable bonds is 10. The molecule has 0 aromatic rings. The van der Waals surface area contributed by atoms with Crippen LogP contribution in [0, 0.1) is 5.92 Å². The van der Waals surface area contributed by atoms with Gasteiger partial charge in [-0.1, -0.05) is 33.6 Å². The minimum Gasteiger partial charge on any atom is -0.370 e. The van der Waals surface area contributed by atoms with E-state index in [2.05, 4.69) is 19.2 Å². The third-order valence-corrected chi connectivity index (χ3v) is 2.74. The van der Waals surface area contributed by atoms with Crippen LogP contribution in [-0.2, 0) is 4.74 Å². The molecule has 0 heterocycles. The van der Waals surface area contributed by atoms with Crippen molar-refractivity contribution in [2.24, 2.45) is 5.92 Å². The van der Waals surface area contributed by atoms with Gasteiger partial charge in [0.05, 0.1) is 6.61 Å². The standard InChI is InChI=1S/C13H26F3NO/c1-4-6-11(3)8-12(17-7-5-2)9-18-10-13(14,15)16/h11-12,17H,4-10H2,1-3H3. The summed E-state index contributed by atoms with van der Waals surface area (Å²) in [4.78, 5) is 0. The second-order valence-electron chi connectivity index (χ2n) is 4.91. The molecule has 0 saturated heterocycles. The Morgan fingerprint density at radius 3 is 2.33 bits per heavy atom. The van der Waals surface area contributed by atoms with Gasteiger partial charge >= 0.3 is 6.18 Å². The lowest BCUT2D eigenvalue weighted by molar-refractivity contribution is -0.175. The van der Waals surface area contributed by atoms with E-state index in [1.165, 1.54) is 0 Å². The molecule has 0 bridgehead atoms. The van der Waals surface area contributed by atoms with Crippen LogP contribution >= 0.6 is 0 Å². The van der Waals surface area contributed by atoms with Crippen molar-refractivity contribution in [1.29, 1.82) is 0 Å². The Hall–Kier alpha value is -0.290. The Bertz CT molecular complexity index is 197. The van der Waals surface area contributed by atoms with E-state index >= 15 is 0 Å². The van der Waals surface area contributed by atoms with Crippen molar-refractivity contribution < 1.29 is 17.9 Å². The third-order valence-electron chi connectivity index (χ3n) is 2.74. The molecule has 2 atom stereocenters. The van der Waals surface area contributed by atoms with Gasteiger partial charge in [-0.2, -0.15) is 13.2 Å². The lowest BCUT2D eigenvalue weighted by Crippen LogP contribution is -2.36. The average Bonchev–Trinajstić information content (AvgIpc) is 2.24. The quantitative estimate of drug-likeness (QED) is 0.652. The number of alkyl halides is 3. The van der Waals surface area contributed by atoms with Crippen molar-refractivity contribution in [2.75, 3.05) is 19.8 Å². The average molecular weight is 269 g/mol. The van der Waals surface area contributed by atoms with E-state index in [4.69, 9.17) is 4.74 Å². The summed E-state index contributed by atoms with van der Waals surface area (Å²) in [6.07, 6.45) is -0.192. The normalized spacial score (nSPS) is 15.7. The molecule has 110 valence electrons. The lowest BCUT2D eigenvalue weighted by atomic mass is 9.97. The molecule has 0 rings (SSSR count). The molecule has 1 N–H and O–H groups in total. The highest BCUT2D eigenvalue weighted by molar-refractivity contribution is 4.70. The van der Waals surface area contributed by atoms with Crippen LogP contribution in [0.2, 0.25) is 0 Å². The largest absolute Gasteiger partial charge is 0.411 e. The SMILES string of the molecule is CCCNC(COCC(F)(F)F)CC(C)CCC. The first-order valence-electron chi connectivity index (χ1n) is 6.76. The van der Waals surface area contributed by atoms with E-state index in [-0.39, 0.29) is 12.6 Å². The molecule has 0 aliphatic rings. The smallest absolute Gasteiger partial charge is 0.370 e. The van der Waals surface area contributed by atoms with E-state index < -0.39 is 12.8 Å². The summed E-state index contributed by atoms with van der Waals surface area (Å²) in [6.45, 7) is 6.08. The van der Waals surface area contributed by atoms with E-state index in [9.17, 15) is 13.2 Å². The van der Waals surface area contributed by atoms with E-state index in [0.717, 1.165) is 32.2 Å². The zero-order chi connectivity index (χ0) is 14.0.